The number of hydrogen-bond donors (Lipinski definition) is 3. The van der Waals surface area contributed by atoms with Gasteiger partial charge in [-0.05, 0) is 25.3 Å². The fourth-order valence-electron chi connectivity index (χ4n) is 1.61. The third-order valence-corrected chi connectivity index (χ3v) is 4.54. The quantitative estimate of drug-likeness (QED) is 0.521. The van der Waals surface area contributed by atoms with Crippen molar-refractivity contribution in [2.24, 2.45) is 0 Å². The van der Waals surface area contributed by atoms with Crippen LogP contribution in [0.4, 0.5) is 0 Å². The highest BCUT2D eigenvalue weighted by molar-refractivity contribution is 7.99. The summed E-state index contributed by atoms with van der Waals surface area (Å²) in [5.41, 5.74) is -0.973. The highest BCUT2D eigenvalue weighted by Gasteiger charge is 2.29. The Kier molecular flexibility index (Phi) is 5.56. The van der Waals surface area contributed by atoms with E-state index in [2.05, 4.69) is 26.0 Å². The van der Waals surface area contributed by atoms with Gasteiger partial charge in [0.05, 0.1) is 11.1 Å². The van der Waals surface area contributed by atoms with Crippen LogP contribution in [0.15, 0.2) is 28.7 Å². The van der Waals surface area contributed by atoms with Crippen LogP contribution in [0.25, 0.3) is 0 Å². The van der Waals surface area contributed by atoms with Gasteiger partial charge in [0.2, 0.25) is 5.91 Å². The number of rotatable bonds is 7. The number of H-pyrrole nitrogens is 1. The number of hydrogen-bond acceptors (Lipinski definition) is 6. The molecule has 2 aromatic rings. The first-order valence-electron chi connectivity index (χ1n) is 6.62. The van der Waals surface area contributed by atoms with Crippen molar-refractivity contribution in [3.8, 4) is 0 Å². The molecule has 2 heterocycles. The zero-order valence-electron chi connectivity index (χ0n) is 12.3. The van der Waals surface area contributed by atoms with Crippen LogP contribution in [0.3, 0.4) is 0 Å². The van der Waals surface area contributed by atoms with Crippen molar-refractivity contribution < 1.29 is 9.59 Å². The molecule has 0 aliphatic rings. The van der Waals surface area contributed by atoms with Gasteiger partial charge >= 0.3 is 0 Å². The van der Waals surface area contributed by atoms with Gasteiger partial charge in [0.15, 0.2) is 0 Å². The Hall–Kier alpha value is -1.87. The Morgan fingerprint density at radius 3 is 2.91 bits per heavy atom. The summed E-state index contributed by atoms with van der Waals surface area (Å²) in [4.78, 5) is 24.8. The monoisotopic (exact) mass is 339 g/mol. The molecular weight excluding hydrogens is 322 g/mol. The molecule has 0 unspecified atom stereocenters. The van der Waals surface area contributed by atoms with E-state index in [0.717, 1.165) is 5.03 Å². The normalized spacial score (nSPS) is 11.2. The Bertz CT molecular complexity index is 610. The fourth-order valence-corrected chi connectivity index (χ4v) is 2.88. The molecule has 0 aliphatic heterocycles. The molecule has 0 spiro atoms. The van der Waals surface area contributed by atoms with E-state index in [-0.39, 0.29) is 11.8 Å². The lowest BCUT2D eigenvalue weighted by Gasteiger charge is -2.24. The number of nitrogens with one attached hydrogen (secondary N) is 3. The van der Waals surface area contributed by atoms with Gasteiger partial charge < -0.3 is 10.6 Å². The lowest BCUT2D eigenvalue weighted by molar-refractivity contribution is -0.126. The number of thiophene rings is 1. The summed E-state index contributed by atoms with van der Waals surface area (Å²) in [5, 5.41) is 18.3. The van der Waals surface area contributed by atoms with Crippen LogP contribution in [-0.2, 0) is 4.79 Å². The maximum absolute atomic E-state index is 12.2. The van der Waals surface area contributed by atoms with E-state index >= 15 is 0 Å². The zero-order chi connectivity index (χ0) is 16.0. The van der Waals surface area contributed by atoms with E-state index < -0.39 is 5.54 Å². The van der Waals surface area contributed by atoms with Crippen molar-refractivity contribution in [2.45, 2.75) is 24.4 Å². The van der Waals surface area contributed by atoms with Gasteiger partial charge in [0, 0.05) is 12.3 Å². The second-order valence-electron chi connectivity index (χ2n) is 4.97. The summed E-state index contributed by atoms with van der Waals surface area (Å²) in [6.07, 6.45) is 1.62. The van der Waals surface area contributed by atoms with Gasteiger partial charge in [-0.15, -0.1) is 28.2 Å². The van der Waals surface area contributed by atoms with Crippen LogP contribution in [0.1, 0.15) is 23.5 Å². The van der Waals surface area contributed by atoms with Crippen LogP contribution in [0.5, 0.6) is 0 Å². The second-order valence-corrected chi connectivity index (χ2v) is 7.03. The van der Waals surface area contributed by atoms with Crippen LogP contribution in [0, 0.1) is 0 Å². The summed E-state index contributed by atoms with van der Waals surface area (Å²) >= 11 is 2.83. The molecule has 0 fully saturated rings. The first kappa shape index (κ1) is 16.5. The van der Waals surface area contributed by atoms with E-state index in [4.69, 9.17) is 0 Å². The molecule has 2 aromatic heterocycles. The van der Waals surface area contributed by atoms with Crippen molar-refractivity contribution in [2.75, 3.05) is 12.3 Å². The highest BCUT2D eigenvalue weighted by atomic mass is 32.2. The smallest absolute Gasteiger partial charge is 0.262 e. The number of amides is 2. The molecule has 0 aliphatic carbocycles. The summed E-state index contributed by atoms with van der Waals surface area (Å²) in [6.45, 7) is 3.84. The van der Waals surface area contributed by atoms with E-state index in [1.807, 2.05) is 5.38 Å². The highest BCUT2D eigenvalue weighted by Crippen LogP contribution is 2.12. The molecule has 3 N–H and O–H groups in total. The van der Waals surface area contributed by atoms with Crippen LogP contribution >= 0.6 is 23.1 Å². The summed E-state index contributed by atoms with van der Waals surface area (Å²) in [7, 11) is 0. The molecule has 2 amide bonds. The fraction of sp³-hybridized carbons (Fsp3) is 0.385. The molecule has 0 saturated carbocycles. The number of nitrogens with zero attached hydrogens (tertiary/aromatic N) is 2. The predicted octanol–water partition coefficient (Wildman–Crippen LogP) is 1.28. The molecule has 0 bridgehead atoms. The minimum Gasteiger partial charge on any atom is -0.353 e. The van der Waals surface area contributed by atoms with Crippen molar-refractivity contribution in [1.29, 1.82) is 0 Å². The van der Waals surface area contributed by atoms with Crippen LogP contribution in [-0.4, -0.2) is 45.1 Å². The van der Waals surface area contributed by atoms with E-state index in [1.54, 1.807) is 32.2 Å². The van der Waals surface area contributed by atoms with Crippen LogP contribution < -0.4 is 10.6 Å². The average molecular weight is 339 g/mol. The average Bonchev–Trinajstić information content (AvgIpc) is 3.15. The summed E-state index contributed by atoms with van der Waals surface area (Å²) in [5.74, 6) is 0.207. The molecular formula is C13H17N5O2S2. The second kappa shape index (κ2) is 7.41. The largest absolute Gasteiger partial charge is 0.353 e. The molecule has 118 valence electrons. The van der Waals surface area contributed by atoms with Gasteiger partial charge in [-0.1, -0.05) is 6.07 Å². The van der Waals surface area contributed by atoms with Crippen molar-refractivity contribution in [1.82, 2.24) is 26.0 Å². The van der Waals surface area contributed by atoms with Crippen molar-refractivity contribution in [3.05, 3.63) is 28.6 Å². The molecule has 2 rings (SSSR count). The van der Waals surface area contributed by atoms with Gasteiger partial charge in [-0.2, -0.15) is 10.3 Å². The van der Waals surface area contributed by atoms with Gasteiger partial charge in [0.1, 0.15) is 10.6 Å². The Labute approximate surface area is 136 Å². The maximum atomic E-state index is 12.2. The number of thioether (sulfide) groups is 1. The van der Waals surface area contributed by atoms with E-state index in [9.17, 15) is 9.59 Å². The van der Waals surface area contributed by atoms with Crippen molar-refractivity contribution in [3.63, 3.8) is 0 Å². The minimum atomic E-state index is -0.973. The molecule has 0 saturated heterocycles. The SMILES string of the molecule is CC(C)(NC(=O)c1cccs1)C(=O)NCCSc1cn[nH]n1. The zero-order valence-corrected chi connectivity index (χ0v) is 13.9. The lowest BCUT2D eigenvalue weighted by atomic mass is 10.0. The standard InChI is InChI=1S/C13H17N5O2S2/c1-13(2,16-11(19)9-4-3-6-21-9)12(20)14-5-7-22-10-8-15-18-17-10/h3-4,6,8H,5,7H2,1-2H3,(H,14,20)(H,16,19)(H,15,17,18). The Balaban J connectivity index is 1.76. The van der Waals surface area contributed by atoms with Crippen molar-refractivity contribution >= 4 is 34.9 Å². The number of aromatic amines is 1. The number of carbonyl (C=O) groups excluding carboxylic acids is 2. The molecule has 9 heteroatoms. The first-order chi connectivity index (χ1) is 10.5. The molecule has 0 radical (unpaired) electrons. The van der Waals surface area contributed by atoms with Crippen LogP contribution in [0.2, 0.25) is 0 Å². The number of aromatic nitrogens is 3. The molecule has 0 aromatic carbocycles. The molecule has 7 nitrogen and oxygen atoms in total. The number of carbonyl (C=O) groups is 2. The van der Waals surface area contributed by atoms with E-state index in [0.29, 0.717) is 17.2 Å². The summed E-state index contributed by atoms with van der Waals surface area (Å²) < 4.78 is 0. The van der Waals surface area contributed by atoms with Gasteiger partial charge in [-0.3, -0.25) is 9.59 Å². The lowest BCUT2D eigenvalue weighted by Crippen LogP contribution is -2.54. The van der Waals surface area contributed by atoms with E-state index in [1.165, 1.54) is 23.1 Å². The topological polar surface area (TPSA) is 99.8 Å². The Morgan fingerprint density at radius 2 is 2.27 bits per heavy atom. The Morgan fingerprint density at radius 1 is 1.45 bits per heavy atom. The first-order valence-corrected chi connectivity index (χ1v) is 8.48. The third-order valence-electron chi connectivity index (χ3n) is 2.77. The predicted molar refractivity (Wildman–Crippen MR) is 86.0 cm³/mol. The third kappa shape index (κ3) is 4.57. The molecule has 0 atom stereocenters. The minimum absolute atomic E-state index is 0.224. The van der Waals surface area contributed by atoms with Gasteiger partial charge in [-0.25, -0.2) is 0 Å². The molecule has 22 heavy (non-hydrogen) atoms. The summed E-state index contributed by atoms with van der Waals surface area (Å²) in [6, 6.07) is 3.52. The maximum Gasteiger partial charge on any atom is 0.262 e. The van der Waals surface area contributed by atoms with Gasteiger partial charge in [0.25, 0.3) is 5.91 Å².